The smallest absolute Gasteiger partial charge is 0.396 e. The summed E-state index contributed by atoms with van der Waals surface area (Å²) in [7, 11) is -2.37. The van der Waals surface area contributed by atoms with Crippen LogP contribution in [0.25, 0.3) is 0 Å². The molecule has 0 amide bonds. The van der Waals surface area contributed by atoms with Crippen LogP contribution in [0.2, 0.25) is 0 Å². The third-order valence-electron chi connectivity index (χ3n) is 3.11. The Labute approximate surface area is 127 Å². The molecule has 122 valence electrons. The lowest BCUT2D eigenvalue weighted by atomic mass is 10.1. The van der Waals surface area contributed by atoms with Gasteiger partial charge in [-0.05, 0) is 32.3 Å². The van der Waals surface area contributed by atoms with Gasteiger partial charge in [0.2, 0.25) is 0 Å². The molecule has 0 saturated heterocycles. The van der Waals surface area contributed by atoms with Gasteiger partial charge in [0.1, 0.15) is 0 Å². The van der Waals surface area contributed by atoms with E-state index in [4.69, 9.17) is 15.7 Å². The van der Waals surface area contributed by atoms with Crippen LogP contribution in [-0.4, -0.2) is 52.3 Å². The molecule has 4 N–H and O–H groups in total. The zero-order valence-electron chi connectivity index (χ0n) is 13.2. The molecule has 0 aromatic heterocycles. The van der Waals surface area contributed by atoms with Crippen molar-refractivity contribution in [3.8, 4) is 6.07 Å². The van der Waals surface area contributed by atoms with Crippen LogP contribution in [0.4, 0.5) is 0 Å². The maximum atomic E-state index is 12.9. The Morgan fingerprint density at radius 3 is 2.24 bits per heavy atom. The quantitative estimate of drug-likeness (QED) is 0.312. The number of ether oxygens (including phenoxy) is 1. The van der Waals surface area contributed by atoms with Crippen molar-refractivity contribution in [1.29, 1.82) is 5.26 Å². The SMILES string of the molecule is CC(C)N(C(C)C)[P+](=O)[C@](O)(OCCC#N)C(CN)CO. The zero-order valence-corrected chi connectivity index (χ0v) is 14.1. The van der Waals surface area contributed by atoms with Gasteiger partial charge in [-0.3, -0.25) is 0 Å². The molecule has 21 heavy (non-hydrogen) atoms. The first-order chi connectivity index (χ1) is 9.76. The molecular formula is C13H27N3O4P+. The first kappa shape index (κ1) is 20.4. The number of nitrogens with two attached hydrogens (primary N) is 1. The third-order valence-corrected chi connectivity index (χ3v) is 5.49. The lowest BCUT2D eigenvalue weighted by molar-refractivity contribution is -0.180. The summed E-state index contributed by atoms with van der Waals surface area (Å²) in [6, 6.07) is 1.72. The van der Waals surface area contributed by atoms with E-state index in [2.05, 4.69) is 0 Å². The molecule has 0 spiro atoms. The molecule has 0 heterocycles. The second-order valence-electron chi connectivity index (χ2n) is 5.37. The summed E-state index contributed by atoms with van der Waals surface area (Å²) in [6.45, 7) is 6.83. The Morgan fingerprint density at radius 1 is 1.38 bits per heavy atom. The highest BCUT2D eigenvalue weighted by molar-refractivity contribution is 7.43. The molecule has 0 saturated carbocycles. The standard InChI is InChI=1S/C13H27N3O4P/c1-10(2)16(11(3)4)21(19)13(18,12(8-15)9-17)20-7-5-6-14/h10-12,17-18H,5,7-9,15H2,1-4H3/q+1/t12?,13-/m1/s1. The second kappa shape index (κ2) is 9.42. The third kappa shape index (κ3) is 5.26. The summed E-state index contributed by atoms with van der Waals surface area (Å²) in [5, 5.41) is 28.7. The van der Waals surface area contributed by atoms with Crippen LogP contribution in [-0.2, 0) is 9.30 Å². The van der Waals surface area contributed by atoms with Gasteiger partial charge in [0.25, 0.3) is 0 Å². The van der Waals surface area contributed by atoms with Crippen molar-refractivity contribution in [2.75, 3.05) is 19.8 Å². The molecule has 0 fully saturated rings. The largest absolute Gasteiger partial charge is 0.502 e. The minimum Gasteiger partial charge on any atom is -0.396 e. The van der Waals surface area contributed by atoms with Crippen molar-refractivity contribution >= 4 is 7.95 Å². The van der Waals surface area contributed by atoms with E-state index < -0.39 is 26.0 Å². The molecule has 0 aliphatic heterocycles. The fourth-order valence-electron chi connectivity index (χ4n) is 2.10. The number of nitriles is 1. The van der Waals surface area contributed by atoms with Crippen molar-refractivity contribution in [3.05, 3.63) is 0 Å². The van der Waals surface area contributed by atoms with Crippen molar-refractivity contribution in [2.24, 2.45) is 11.7 Å². The van der Waals surface area contributed by atoms with Gasteiger partial charge in [0.15, 0.2) is 0 Å². The van der Waals surface area contributed by atoms with Gasteiger partial charge in [-0.2, -0.15) is 5.26 Å². The van der Waals surface area contributed by atoms with E-state index in [1.807, 2.05) is 33.8 Å². The summed E-state index contributed by atoms with van der Waals surface area (Å²) in [4.78, 5) is 0. The summed E-state index contributed by atoms with van der Waals surface area (Å²) in [5.74, 6) is -0.889. The highest BCUT2D eigenvalue weighted by atomic mass is 31.1. The minimum atomic E-state index is -2.37. The molecule has 0 radical (unpaired) electrons. The van der Waals surface area contributed by atoms with Gasteiger partial charge >= 0.3 is 13.5 Å². The first-order valence-electron chi connectivity index (χ1n) is 7.06. The van der Waals surface area contributed by atoms with Crippen LogP contribution in [0.1, 0.15) is 34.1 Å². The predicted molar refractivity (Wildman–Crippen MR) is 80.5 cm³/mol. The normalized spacial score (nSPS) is 16.9. The molecule has 0 rings (SSSR count). The van der Waals surface area contributed by atoms with Crippen molar-refractivity contribution < 1.29 is 19.5 Å². The van der Waals surface area contributed by atoms with E-state index in [9.17, 15) is 14.8 Å². The Morgan fingerprint density at radius 2 is 1.90 bits per heavy atom. The lowest BCUT2D eigenvalue weighted by Gasteiger charge is -2.30. The first-order valence-corrected chi connectivity index (χ1v) is 8.27. The number of aliphatic hydroxyl groups is 2. The minimum absolute atomic E-state index is 0.0531. The summed E-state index contributed by atoms with van der Waals surface area (Å²) < 4.78 is 19.8. The maximum absolute atomic E-state index is 12.9. The van der Waals surface area contributed by atoms with E-state index in [1.54, 1.807) is 4.67 Å². The number of hydrogen-bond acceptors (Lipinski definition) is 6. The highest BCUT2D eigenvalue weighted by Gasteiger charge is 2.60. The Balaban J connectivity index is 5.45. The van der Waals surface area contributed by atoms with Gasteiger partial charge in [0.05, 0.1) is 31.6 Å². The van der Waals surface area contributed by atoms with Crippen LogP contribution in [0.5, 0.6) is 0 Å². The monoisotopic (exact) mass is 320 g/mol. The van der Waals surface area contributed by atoms with E-state index in [1.165, 1.54) is 0 Å². The zero-order chi connectivity index (χ0) is 16.6. The van der Waals surface area contributed by atoms with Gasteiger partial charge in [-0.15, -0.1) is 0 Å². The average molecular weight is 320 g/mol. The Hall–Kier alpha value is -0.610. The Kier molecular flexibility index (Phi) is 9.14. The number of rotatable bonds is 10. The van der Waals surface area contributed by atoms with Crippen LogP contribution in [0.3, 0.4) is 0 Å². The molecule has 7 nitrogen and oxygen atoms in total. The fourth-order valence-corrected chi connectivity index (χ4v) is 3.98. The predicted octanol–water partition coefficient (Wildman–Crippen LogP) is 0.991. The van der Waals surface area contributed by atoms with E-state index >= 15 is 0 Å². The van der Waals surface area contributed by atoms with E-state index in [0.717, 1.165) is 0 Å². The van der Waals surface area contributed by atoms with Crippen LogP contribution in [0, 0.1) is 17.2 Å². The molecule has 0 bridgehead atoms. The summed E-state index contributed by atoms with van der Waals surface area (Å²) in [6.07, 6.45) is 0.0531. The van der Waals surface area contributed by atoms with Crippen LogP contribution < -0.4 is 5.73 Å². The highest BCUT2D eigenvalue weighted by Crippen LogP contribution is 2.48. The molecule has 3 atom stereocenters. The molecule has 8 heteroatoms. The van der Waals surface area contributed by atoms with Gasteiger partial charge < -0.3 is 20.7 Å². The van der Waals surface area contributed by atoms with Gasteiger partial charge in [-0.25, -0.2) is 0 Å². The molecule has 2 unspecified atom stereocenters. The summed E-state index contributed by atoms with van der Waals surface area (Å²) in [5.41, 5.74) is 3.47. The van der Waals surface area contributed by atoms with Crippen LogP contribution in [0.15, 0.2) is 0 Å². The fraction of sp³-hybridized carbons (Fsp3) is 0.923. The van der Waals surface area contributed by atoms with E-state index in [0.29, 0.717) is 0 Å². The number of nitrogens with zero attached hydrogens (tertiary/aromatic N) is 2. The maximum Gasteiger partial charge on any atom is 0.502 e. The lowest BCUT2D eigenvalue weighted by Crippen LogP contribution is -2.48. The van der Waals surface area contributed by atoms with Gasteiger partial charge in [0, 0.05) is 18.6 Å². The molecule has 0 aromatic rings. The topological polar surface area (TPSA) is 120 Å². The molecule has 0 aromatic carbocycles. The van der Waals surface area contributed by atoms with E-state index in [-0.39, 0.29) is 31.7 Å². The number of aliphatic hydroxyl groups excluding tert-OH is 1. The van der Waals surface area contributed by atoms with Crippen LogP contribution >= 0.6 is 7.95 Å². The van der Waals surface area contributed by atoms with Gasteiger partial charge in [-0.1, -0.05) is 4.67 Å². The van der Waals surface area contributed by atoms with Crippen molar-refractivity contribution in [3.63, 3.8) is 0 Å². The summed E-state index contributed by atoms with van der Waals surface area (Å²) >= 11 is 0. The van der Waals surface area contributed by atoms with Crippen molar-refractivity contribution in [2.45, 2.75) is 51.7 Å². The second-order valence-corrected chi connectivity index (χ2v) is 7.02. The average Bonchev–Trinajstić information content (AvgIpc) is 2.39. The molecular weight excluding hydrogens is 293 g/mol. The number of hydrogen-bond donors (Lipinski definition) is 3. The van der Waals surface area contributed by atoms with Crippen molar-refractivity contribution in [1.82, 2.24) is 4.67 Å². The molecule has 0 aliphatic rings. The molecule has 0 aliphatic carbocycles. The Bertz CT molecular complexity index is 361.